The van der Waals surface area contributed by atoms with Crippen molar-refractivity contribution >= 4 is 23.1 Å². The molecule has 2 aromatic carbocycles. The van der Waals surface area contributed by atoms with E-state index in [9.17, 15) is 9.18 Å². The SMILES string of the molecule is COC(=O)Cc1cccc(Nc2ccc3nnc(-c4ccccc4F)n3n2)c1. The van der Waals surface area contributed by atoms with Crippen LogP contribution in [0.15, 0.2) is 60.7 Å². The summed E-state index contributed by atoms with van der Waals surface area (Å²) in [5, 5.41) is 15.8. The summed E-state index contributed by atoms with van der Waals surface area (Å²) >= 11 is 0. The van der Waals surface area contributed by atoms with Crippen molar-refractivity contribution in [3.05, 3.63) is 72.0 Å². The van der Waals surface area contributed by atoms with Gasteiger partial charge >= 0.3 is 5.97 Å². The fraction of sp³-hybridized carbons (Fsp3) is 0.100. The molecule has 0 atom stereocenters. The Bertz CT molecular complexity index is 1160. The van der Waals surface area contributed by atoms with Crippen molar-refractivity contribution in [2.45, 2.75) is 6.42 Å². The van der Waals surface area contributed by atoms with E-state index in [1.54, 1.807) is 30.3 Å². The van der Waals surface area contributed by atoms with Gasteiger partial charge < -0.3 is 10.1 Å². The van der Waals surface area contributed by atoms with E-state index in [0.717, 1.165) is 11.3 Å². The second-order valence-corrected chi connectivity index (χ2v) is 6.07. The predicted molar refractivity (Wildman–Crippen MR) is 102 cm³/mol. The zero-order chi connectivity index (χ0) is 19.5. The fourth-order valence-corrected chi connectivity index (χ4v) is 2.81. The van der Waals surface area contributed by atoms with Crippen LogP contribution in [0.3, 0.4) is 0 Å². The Kier molecular flexibility index (Phi) is 4.67. The summed E-state index contributed by atoms with van der Waals surface area (Å²) < 4.78 is 20.3. The Morgan fingerprint density at radius 1 is 1.11 bits per heavy atom. The van der Waals surface area contributed by atoms with Gasteiger partial charge in [0.1, 0.15) is 5.82 Å². The summed E-state index contributed by atoms with van der Waals surface area (Å²) in [4.78, 5) is 11.5. The first-order valence-corrected chi connectivity index (χ1v) is 8.54. The topological polar surface area (TPSA) is 81.4 Å². The van der Waals surface area contributed by atoms with E-state index < -0.39 is 5.82 Å². The molecule has 8 heteroatoms. The van der Waals surface area contributed by atoms with Crippen LogP contribution in [0.2, 0.25) is 0 Å². The number of rotatable bonds is 5. The molecule has 0 aliphatic heterocycles. The zero-order valence-corrected chi connectivity index (χ0v) is 15.0. The second-order valence-electron chi connectivity index (χ2n) is 6.07. The largest absolute Gasteiger partial charge is 0.469 e. The molecule has 0 amide bonds. The number of carbonyl (C=O) groups excluding carboxylic acids is 1. The minimum absolute atomic E-state index is 0.182. The van der Waals surface area contributed by atoms with E-state index in [4.69, 9.17) is 4.74 Å². The van der Waals surface area contributed by atoms with Gasteiger partial charge in [-0.3, -0.25) is 4.79 Å². The van der Waals surface area contributed by atoms with Gasteiger partial charge in [-0.1, -0.05) is 24.3 Å². The minimum Gasteiger partial charge on any atom is -0.469 e. The lowest BCUT2D eigenvalue weighted by atomic mass is 10.1. The van der Waals surface area contributed by atoms with Gasteiger partial charge in [-0.05, 0) is 42.0 Å². The number of carbonyl (C=O) groups is 1. The molecule has 0 unspecified atom stereocenters. The van der Waals surface area contributed by atoms with Crippen LogP contribution in [-0.4, -0.2) is 32.9 Å². The van der Waals surface area contributed by atoms with Gasteiger partial charge in [-0.25, -0.2) is 4.39 Å². The monoisotopic (exact) mass is 377 g/mol. The number of fused-ring (bicyclic) bond motifs is 1. The lowest BCUT2D eigenvalue weighted by molar-refractivity contribution is -0.139. The van der Waals surface area contributed by atoms with Gasteiger partial charge in [-0.15, -0.1) is 15.3 Å². The van der Waals surface area contributed by atoms with Crippen molar-refractivity contribution in [2.75, 3.05) is 12.4 Å². The maximum absolute atomic E-state index is 14.1. The first-order chi connectivity index (χ1) is 13.6. The molecule has 0 bridgehead atoms. The van der Waals surface area contributed by atoms with E-state index in [0.29, 0.717) is 22.9 Å². The molecule has 0 saturated carbocycles. The van der Waals surface area contributed by atoms with Crippen molar-refractivity contribution in [3.63, 3.8) is 0 Å². The molecule has 4 aromatic rings. The van der Waals surface area contributed by atoms with E-state index in [-0.39, 0.29) is 12.4 Å². The molecular weight excluding hydrogens is 361 g/mol. The number of nitrogens with zero attached hydrogens (tertiary/aromatic N) is 4. The van der Waals surface area contributed by atoms with E-state index in [1.807, 2.05) is 24.3 Å². The molecule has 28 heavy (non-hydrogen) atoms. The van der Waals surface area contributed by atoms with Crippen molar-refractivity contribution in [1.82, 2.24) is 19.8 Å². The van der Waals surface area contributed by atoms with Crippen LogP contribution in [-0.2, 0) is 16.0 Å². The zero-order valence-electron chi connectivity index (χ0n) is 15.0. The number of hydrogen-bond donors (Lipinski definition) is 1. The Morgan fingerprint density at radius 3 is 2.79 bits per heavy atom. The highest BCUT2D eigenvalue weighted by atomic mass is 19.1. The quantitative estimate of drug-likeness (QED) is 0.537. The van der Waals surface area contributed by atoms with Crippen LogP contribution in [0.1, 0.15) is 5.56 Å². The third-order valence-electron chi connectivity index (χ3n) is 4.15. The Hall–Kier alpha value is -3.81. The summed E-state index contributed by atoms with van der Waals surface area (Å²) in [6.07, 6.45) is 0.182. The Labute approximate surface area is 159 Å². The maximum Gasteiger partial charge on any atom is 0.309 e. The number of nitrogens with one attached hydrogen (secondary N) is 1. The molecule has 2 heterocycles. The Balaban J connectivity index is 1.66. The standard InChI is InChI=1S/C20H16FN5O2/c1-28-19(27)12-13-5-4-6-14(11-13)22-17-9-10-18-23-24-20(26(18)25-17)15-7-2-3-8-16(15)21/h2-11H,12H2,1H3,(H,22,25). The number of methoxy groups -OCH3 is 1. The van der Waals surface area contributed by atoms with Crippen molar-refractivity contribution in [2.24, 2.45) is 0 Å². The average molecular weight is 377 g/mol. The average Bonchev–Trinajstić information content (AvgIpc) is 3.11. The van der Waals surface area contributed by atoms with Gasteiger partial charge in [0.15, 0.2) is 17.3 Å². The molecule has 140 valence electrons. The lowest BCUT2D eigenvalue weighted by Gasteiger charge is -2.08. The molecule has 4 rings (SSSR count). The number of halogens is 1. The molecule has 0 fully saturated rings. The van der Waals surface area contributed by atoms with Crippen molar-refractivity contribution < 1.29 is 13.9 Å². The normalized spacial score (nSPS) is 10.8. The van der Waals surface area contributed by atoms with Crippen LogP contribution < -0.4 is 5.32 Å². The number of ether oxygens (including phenoxy) is 1. The molecule has 2 aromatic heterocycles. The number of hydrogen-bond acceptors (Lipinski definition) is 6. The third kappa shape index (κ3) is 3.52. The summed E-state index contributed by atoms with van der Waals surface area (Å²) in [5.74, 6) is 0.138. The van der Waals surface area contributed by atoms with Crippen LogP contribution in [0, 0.1) is 5.82 Å². The number of esters is 1. The molecule has 0 radical (unpaired) electrons. The molecule has 0 spiro atoms. The summed E-state index contributed by atoms with van der Waals surface area (Å²) in [7, 11) is 1.36. The van der Waals surface area contributed by atoms with Gasteiger partial charge in [0, 0.05) is 5.69 Å². The van der Waals surface area contributed by atoms with Crippen LogP contribution in [0.4, 0.5) is 15.9 Å². The predicted octanol–water partition coefficient (Wildman–Crippen LogP) is 3.39. The highest BCUT2D eigenvalue weighted by Crippen LogP contribution is 2.22. The highest BCUT2D eigenvalue weighted by Gasteiger charge is 2.13. The summed E-state index contributed by atoms with van der Waals surface area (Å²) in [6.45, 7) is 0. The van der Waals surface area contributed by atoms with E-state index >= 15 is 0 Å². The van der Waals surface area contributed by atoms with Gasteiger partial charge in [0.05, 0.1) is 19.1 Å². The Morgan fingerprint density at radius 2 is 1.96 bits per heavy atom. The number of aromatic nitrogens is 4. The van der Waals surface area contributed by atoms with E-state index in [2.05, 4.69) is 20.6 Å². The highest BCUT2D eigenvalue weighted by molar-refractivity contribution is 5.73. The molecule has 1 N–H and O–H groups in total. The second kappa shape index (κ2) is 7.43. The molecule has 0 aliphatic rings. The van der Waals surface area contributed by atoms with Gasteiger partial charge in [0.2, 0.25) is 0 Å². The van der Waals surface area contributed by atoms with E-state index in [1.165, 1.54) is 17.7 Å². The van der Waals surface area contributed by atoms with Gasteiger partial charge in [0.25, 0.3) is 0 Å². The summed E-state index contributed by atoms with van der Waals surface area (Å²) in [5.41, 5.74) is 2.39. The van der Waals surface area contributed by atoms with Crippen molar-refractivity contribution in [3.8, 4) is 11.4 Å². The molecular formula is C20H16FN5O2. The molecule has 0 aliphatic carbocycles. The van der Waals surface area contributed by atoms with Gasteiger partial charge in [-0.2, -0.15) is 4.52 Å². The molecule has 7 nitrogen and oxygen atoms in total. The number of benzene rings is 2. The smallest absolute Gasteiger partial charge is 0.309 e. The molecule has 0 saturated heterocycles. The fourth-order valence-electron chi connectivity index (χ4n) is 2.81. The third-order valence-corrected chi connectivity index (χ3v) is 4.15. The minimum atomic E-state index is -0.396. The lowest BCUT2D eigenvalue weighted by Crippen LogP contribution is -2.05. The van der Waals surface area contributed by atoms with Crippen LogP contribution in [0.25, 0.3) is 17.0 Å². The first-order valence-electron chi connectivity index (χ1n) is 8.54. The van der Waals surface area contributed by atoms with Crippen molar-refractivity contribution in [1.29, 1.82) is 0 Å². The maximum atomic E-state index is 14.1. The van der Waals surface area contributed by atoms with Crippen LogP contribution in [0.5, 0.6) is 0 Å². The summed E-state index contributed by atoms with van der Waals surface area (Å²) in [6, 6.07) is 17.2. The number of anilines is 2. The van der Waals surface area contributed by atoms with Crippen LogP contribution >= 0.6 is 0 Å². The first kappa shape index (κ1) is 17.6.